The predicted octanol–water partition coefficient (Wildman–Crippen LogP) is 4.90. The van der Waals surface area contributed by atoms with Crippen molar-refractivity contribution in [2.24, 2.45) is 17.3 Å². The van der Waals surface area contributed by atoms with Crippen LogP contribution in [0, 0.1) is 17.3 Å². The van der Waals surface area contributed by atoms with Crippen molar-refractivity contribution in [3.63, 3.8) is 0 Å². The summed E-state index contributed by atoms with van der Waals surface area (Å²) >= 11 is 3.79. The van der Waals surface area contributed by atoms with Crippen LogP contribution in [0.15, 0.2) is 16.6 Å². The number of Topliss-reactive ketones (excluding diaryl/α,β-unsaturated/α-hetero) is 1. The van der Waals surface area contributed by atoms with Crippen molar-refractivity contribution in [2.75, 3.05) is 20.3 Å². The third-order valence-corrected chi connectivity index (χ3v) is 7.93. The van der Waals surface area contributed by atoms with Crippen LogP contribution in [0.25, 0.3) is 0 Å². The molecule has 1 aromatic rings. The van der Waals surface area contributed by atoms with E-state index in [4.69, 9.17) is 9.47 Å². The van der Waals surface area contributed by atoms with Gasteiger partial charge in [-0.3, -0.25) is 4.79 Å². The van der Waals surface area contributed by atoms with Crippen LogP contribution in [0.5, 0.6) is 5.75 Å². The van der Waals surface area contributed by atoms with E-state index in [0.29, 0.717) is 36.8 Å². The number of ether oxygens (including phenoxy) is 2. The van der Waals surface area contributed by atoms with Gasteiger partial charge in [-0.05, 0) is 83.0 Å². The summed E-state index contributed by atoms with van der Waals surface area (Å²) < 4.78 is 12.1. The molecule has 136 valence electrons. The molecule has 4 atom stereocenters. The lowest BCUT2D eigenvalue weighted by Gasteiger charge is -2.48. The van der Waals surface area contributed by atoms with Gasteiger partial charge in [-0.2, -0.15) is 0 Å². The Morgan fingerprint density at radius 3 is 2.84 bits per heavy atom. The van der Waals surface area contributed by atoms with Gasteiger partial charge in [0, 0.05) is 18.9 Å². The van der Waals surface area contributed by atoms with Crippen molar-refractivity contribution < 1.29 is 14.3 Å². The van der Waals surface area contributed by atoms with E-state index in [1.54, 1.807) is 7.11 Å². The lowest BCUT2D eigenvalue weighted by molar-refractivity contribution is -0.129. The number of benzene rings is 1. The van der Waals surface area contributed by atoms with Gasteiger partial charge in [-0.25, -0.2) is 0 Å². The Balaban J connectivity index is 1.61. The van der Waals surface area contributed by atoms with Crippen molar-refractivity contribution in [3.8, 4) is 5.75 Å². The maximum absolute atomic E-state index is 12.4. The molecule has 0 radical (unpaired) electrons. The van der Waals surface area contributed by atoms with Gasteiger partial charge in [0.2, 0.25) is 0 Å². The molecule has 0 heterocycles. The molecule has 0 spiro atoms. The van der Waals surface area contributed by atoms with Crippen LogP contribution in [-0.2, 0) is 16.0 Å². The number of hydrogen-bond donors (Lipinski definition) is 0. The molecule has 0 saturated heterocycles. The Labute approximate surface area is 158 Å². The number of hydrogen-bond acceptors (Lipinski definition) is 3. The third kappa shape index (κ3) is 2.76. The molecule has 0 N–H and O–H groups in total. The fourth-order valence-corrected chi connectivity index (χ4v) is 6.39. The molecule has 2 saturated carbocycles. The van der Waals surface area contributed by atoms with E-state index < -0.39 is 0 Å². The summed E-state index contributed by atoms with van der Waals surface area (Å²) in [6.45, 7) is 3.41. The highest BCUT2D eigenvalue weighted by Gasteiger charge is 2.54. The Morgan fingerprint density at radius 1 is 1.20 bits per heavy atom. The van der Waals surface area contributed by atoms with Gasteiger partial charge >= 0.3 is 0 Å². The molecule has 0 aliphatic heterocycles. The summed E-state index contributed by atoms with van der Waals surface area (Å²) in [6.07, 6.45) is 6.39. The van der Waals surface area contributed by atoms with E-state index in [2.05, 4.69) is 35.0 Å². The van der Waals surface area contributed by atoms with Gasteiger partial charge < -0.3 is 9.47 Å². The highest BCUT2D eigenvalue weighted by Crippen LogP contribution is 2.60. The van der Waals surface area contributed by atoms with Gasteiger partial charge in [-0.1, -0.05) is 13.0 Å². The molecule has 0 unspecified atom stereocenters. The van der Waals surface area contributed by atoms with E-state index in [0.717, 1.165) is 42.3 Å². The average Bonchev–Trinajstić information content (AvgIpc) is 2.92. The quantitative estimate of drug-likeness (QED) is 0.666. The van der Waals surface area contributed by atoms with Crippen molar-refractivity contribution in [2.45, 2.75) is 51.4 Å². The van der Waals surface area contributed by atoms with E-state index >= 15 is 0 Å². The summed E-state index contributed by atoms with van der Waals surface area (Å²) in [6, 6.07) is 4.38. The van der Waals surface area contributed by atoms with Crippen LogP contribution in [0.4, 0.5) is 0 Å². The average molecular weight is 407 g/mol. The summed E-state index contributed by atoms with van der Waals surface area (Å²) in [5.41, 5.74) is 2.87. The van der Waals surface area contributed by atoms with Gasteiger partial charge in [0.1, 0.15) is 18.1 Å². The van der Waals surface area contributed by atoms with E-state index in [1.165, 1.54) is 17.5 Å². The van der Waals surface area contributed by atoms with Gasteiger partial charge in [-0.15, -0.1) is 0 Å². The second kappa shape index (κ2) is 6.70. The molecule has 3 nitrogen and oxygen atoms in total. The minimum atomic E-state index is -0.0426. The van der Waals surface area contributed by atoms with Crippen LogP contribution in [0.2, 0.25) is 0 Å². The highest BCUT2D eigenvalue weighted by atomic mass is 79.9. The Morgan fingerprint density at radius 2 is 2.04 bits per heavy atom. The fraction of sp³-hybridized carbons (Fsp3) is 0.667. The second-order valence-corrected chi connectivity index (χ2v) is 8.91. The first kappa shape index (κ1) is 17.5. The standard InChI is InChI=1S/C21H27BrO3/c1-21-10-9-14-13-5-7-18(25-12-11-24-2)20(22)16(13)4-3-15(14)17(21)6-8-19(21)23/h5,7,14-15,17H,3-4,6,8-12H2,1-2H3/t14-,15-,17+,21+/m1/s1. The maximum atomic E-state index is 12.4. The minimum absolute atomic E-state index is 0.0426. The van der Waals surface area contributed by atoms with Gasteiger partial charge in [0.15, 0.2) is 0 Å². The highest BCUT2D eigenvalue weighted by molar-refractivity contribution is 9.10. The van der Waals surface area contributed by atoms with Crippen LogP contribution >= 0.6 is 15.9 Å². The first-order chi connectivity index (χ1) is 12.1. The van der Waals surface area contributed by atoms with Gasteiger partial charge in [0.05, 0.1) is 11.1 Å². The zero-order valence-corrected chi connectivity index (χ0v) is 16.7. The third-order valence-electron chi connectivity index (χ3n) is 7.06. The molecule has 4 rings (SSSR count). The van der Waals surface area contributed by atoms with Crippen molar-refractivity contribution >= 4 is 21.7 Å². The van der Waals surface area contributed by atoms with Crippen LogP contribution < -0.4 is 4.74 Å². The smallest absolute Gasteiger partial charge is 0.139 e. The predicted molar refractivity (Wildman–Crippen MR) is 101 cm³/mol. The monoisotopic (exact) mass is 406 g/mol. The number of ketones is 1. The number of carbonyl (C=O) groups is 1. The van der Waals surface area contributed by atoms with Gasteiger partial charge in [0.25, 0.3) is 0 Å². The molecule has 25 heavy (non-hydrogen) atoms. The second-order valence-electron chi connectivity index (χ2n) is 8.12. The summed E-state index contributed by atoms with van der Waals surface area (Å²) in [4.78, 5) is 12.4. The number of carbonyl (C=O) groups excluding carboxylic acids is 1. The lowest BCUT2D eigenvalue weighted by Crippen LogP contribution is -2.42. The molecule has 1 aromatic carbocycles. The molecule has 3 aliphatic rings. The molecule has 0 amide bonds. The number of halogens is 1. The van der Waals surface area contributed by atoms with E-state index in [1.807, 2.05) is 0 Å². The first-order valence-corrected chi connectivity index (χ1v) is 10.3. The summed E-state index contributed by atoms with van der Waals surface area (Å²) in [7, 11) is 1.69. The summed E-state index contributed by atoms with van der Waals surface area (Å²) in [5, 5.41) is 0. The number of rotatable bonds is 4. The number of methoxy groups -OCH3 is 1. The molecule has 4 heteroatoms. The van der Waals surface area contributed by atoms with Crippen LogP contribution in [0.1, 0.15) is 56.1 Å². The first-order valence-electron chi connectivity index (χ1n) is 9.52. The Hall–Kier alpha value is -0.870. The minimum Gasteiger partial charge on any atom is -0.490 e. The Bertz CT molecular complexity index is 686. The normalized spacial score (nSPS) is 33.6. The molecule has 3 aliphatic carbocycles. The molecule has 0 aromatic heterocycles. The Kier molecular flexibility index (Phi) is 4.70. The topological polar surface area (TPSA) is 35.5 Å². The summed E-state index contributed by atoms with van der Waals surface area (Å²) in [5.74, 6) is 3.31. The molecular formula is C21H27BrO3. The molecule has 0 bridgehead atoms. The SMILES string of the molecule is COCCOc1ccc2c(c1Br)CC[C@@H]1[C@@H]2CC[C@]2(C)C(=O)CC[C@@H]12. The van der Waals surface area contributed by atoms with Crippen molar-refractivity contribution in [1.29, 1.82) is 0 Å². The zero-order chi connectivity index (χ0) is 17.6. The lowest BCUT2D eigenvalue weighted by atomic mass is 9.55. The largest absolute Gasteiger partial charge is 0.490 e. The van der Waals surface area contributed by atoms with Crippen molar-refractivity contribution in [1.82, 2.24) is 0 Å². The maximum Gasteiger partial charge on any atom is 0.139 e. The van der Waals surface area contributed by atoms with E-state index in [9.17, 15) is 4.79 Å². The molecule has 2 fully saturated rings. The van der Waals surface area contributed by atoms with Crippen LogP contribution in [-0.4, -0.2) is 26.1 Å². The van der Waals surface area contributed by atoms with E-state index in [-0.39, 0.29) is 5.41 Å². The number of fused-ring (bicyclic) bond motifs is 5. The molecular weight excluding hydrogens is 380 g/mol. The zero-order valence-electron chi connectivity index (χ0n) is 15.1. The van der Waals surface area contributed by atoms with Crippen molar-refractivity contribution in [3.05, 3.63) is 27.7 Å². The fourth-order valence-electron chi connectivity index (χ4n) is 5.72. The van der Waals surface area contributed by atoms with Crippen LogP contribution in [0.3, 0.4) is 0 Å².